The highest BCUT2D eigenvalue weighted by Crippen LogP contribution is 2.35. The molecule has 0 atom stereocenters. The van der Waals surface area contributed by atoms with Gasteiger partial charge in [0.1, 0.15) is 0 Å². The highest BCUT2D eigenvalue weighted by atomic mass is 16.5. The van der Waals surface area contributed by atoms with Crippen molar-refractivity contribution in [3.8, 4) is 0 Å². The molecule has 0 aromatic carbocycles. The molecule has 0 bridgehead atoms. The number of carbonyl (C=O) groups excluding carboxylic acids is 2. The smallest absolute Gasteiger partial charge is 0.311 e. The van der Waals surface area contributed by atoms with Crippen molar-refractivity contribution in [2.75, 3.05) is 13.2 Å². The van der Waals surface area contributed by atoms with Crippen LogP contribution < -0.4 is 0 Å². The summed E-state index contributed by atoms with van der Waals surface area (Å²) in [7, 11) is 0. The van der Waals surface area contributed by atoms with Gasteiger partial charge >= 0.3 is 23.9 Å². The molecule has 0 radical (unpaired) electrons. The molecule has 0 heterocycles. The zero-order valence-electron chi connectivity index (χ0n) is 20.6. The van der Waals surface area contributed by atoms with Gasteiger partial charge in [-0.1, -0.05) is 25.7 Å². The number of carboxylic acid groups (broad SMARTS) is 2. The van der Waals surface area contributed by atoms with Crippen molar-refractivity contribution >= 4 is 23.9 Å². The largest absolute Gasteiger partial charge is 0.481 e. The maximum absolute atomic E-state index is 12.3. The zero-order valence-corrected chi connectivity index (χ0v) is 20.6. The van der Waals surface area contributed by atoms with E-state index in [4.69, 9.17) is 14.6 Å². The molecule has 0 aromatic heterocycles. The lowest BCUT2D eigenvalue weighted by atomic mass is 9.77. The number of ether oxygens (including phenoxy) is 2. The molecule has 0 aromatic rings. The van der Waals surface area contributed by atoms with Gasteiger partial charge in [-0.05, 0) is 67.2 Å². The third-order valence-corrected chi connectivity index (χ3v) is 5.35. The first kappa shape index (κ1) is 29.9. The third kappa shape index (κ3) is 12.1. The highest BCUT2D eigenvalue weighted by molar-refractivity contribution is 5.77. The SMILES string of the molecule is CC(C)(C)C(=O)OCCC(CCCCCCCC(=O)O)(CCOC(=O)C(C)(C)C)C(=O)O. The summed E-state index contributed by atoms with van der Waals surface area (Å²) in [5, 5.41) is 18.7. The van der Waals surface area contributed by atoms with Crippen LogP contribution in [-0.4, -0.2) is 47.3 Å². The summed E-state index contributed by atoms with van der Waals surface area (Å²) < 4.78 is 10.6. The predicted octanol–water partition coefficient (Wildman–Crippen LogP) is 4.83. The minimum Gasteiger partial charge on any atom is -0.481 e. The minimum atomic E-state index is -1.17. The maximum atomic E-state index is 12.3. The van der Waals surface area contributed by atoms with Crippen LogP contribution in [-0.2, 0) is 28.7 Å². The van der Waals surface area contributed by atoms with Crippen molar-refractivity contribution in [2.24, 2.45) is 16.2 Å². The summed E-state index contributed by atoms with van der Waals surface area (Å²) in [4.78, 5) is 47.0. The Hall–Kier alpha value is -2.12. The molecule has 2 N–H and O–H groups in total. The van der Waals surface area contributed by atoms with Crippen LogP contribution in [0.1, 0.15) is 99.3 Å². The summed E-state index contributed by atoms with van der Waals surface area (Å²) in [6.45, 7) is 10.4. The van der Waals surface area contributed by atoms with Gasteiger partial charge in [-0.3, -0.25) is 19.2 Å². The number of rotatable bonds is 15. The number of carbonyl (C=O) groups is 4. The lowest BCUT2D eigenvalue weighted by molar-refractivity contribution is -0.161. The van der Waals surface area contributed by atoms with E-state index in [1.54, 1.807) is 41.5 Å². The molecule has 0 saturated heterocycles. The number of hydrogen-bond donors (Lipinski definition) is 2. The van der Waals surface area contributed by atoms with Gasteiger partial charge < -0.3 is 19.7 Å². The molecule has 0 aliphatic heterocycles. The second-order valence-electron chi connectivity index (χ2n) is 10.5. The number of unbranched alkanes of at least 4 members (excludes halogenated alkanes) is 4. The summed E-state index contributed by atoms with van der Waals surface area (Å²) in [6, 6.07) is 0. The van der Waals surface area contributed by atoms with E-state index in [0.717, 1.165) is 19.3 Å². The quantitative estimate of drug-likeness (QED) is 0.264. The van der Waals surface area contributed by atoms with Crippen molar-refractivity contribution in [1.82, 2.24) is 0 Å². The van der Waals surface area contributed by atoms with E-state index in [0.29, 0.717) is 19.3 Å². The molecular weight excluding hydrogens is 416 g/mol. The van der Waals surface area contributed by atoms with Crippen LogP contribution in [0.15, 0.2) is 0 Å². The molecular formula is C24H42O8. The van der Waals surface area contributed by atoms with Gasteiger partial charge in [-0.15, -0.1) is 0 Å². The number of carboxylic acids is 2. The van der Waals surface area contributed by atoms with Crippen LogP contribution in [0.2, 0.25) is 0 Å². The van der Waals surface area contributed by atoms with E-state index in [1.165, 1.54) is 0 Å². The molecule has 0 fully saturated rings. The second kappa shape index (κ2) is 13.4. The Morgan fingerprint density at radius 3 is 1.41 bits per heavy atom. The van der Waals surface area contributed by atoms with Gasteiger partial charge in [0.15, 0.2) is 0 Å². The van der Waals surface area contributed by atoms with Crippen molar-refractivity contribution in [2.45, 2.75) is 99.3 Å². The van der Waals surface area contributed by atoms with Crippen molar-refractivity contribution in [3.63, 3.8) is 0 Å². The fourth-order valence-corrected chi connectivity index (χ4v) is 3.08. The molecule has 0 saturated carbocycles. The Morgan fingerprint density at radius 1 is 0.625 bits per heavy atom. The van der Waals surface area contributed by atoms with E-state index >= 15 is 0 Å². The number of aliphatic carboxylic acids is 2. The van der Waals surface area contributed by atoms with Gasteiger partial charge in [-0.25, -0.2) is 0 Å². The molecule has 186 valence electrons. The average Bonchev–Trinajstić information content (AvgIpc) is 2.64. The Kier molecular flexibility index (Phi) is 12.5. The van der Waals surface area contributed by atoms with E-state index in [1.807, 2.05) is 0 Å². The van der Waals surface area contributed by atoms with Crippen LogP contribution in [0.4, 0.5) is 0 Å². The highest BCUT2D eigenvalue weighted by Gasteiger charge is 2.39. The topological polar surface area (TPSA) is 127 Å². The summed E-state index contributed by atoms with van der Waals surface area (Å²) in [6.07, 6.45) is 4.38. The molecule has 0 spiro atoms. The van der Waals surface area contributed by atoms with Crippen LogP contribution in [0.3, 0.4) is 0 Å². The van der Waals surface area contributed by atoms with Crippen LogP contribution in [0.5, 0.6) is 0 Å². The lowest BCUT2D eigenvalue weighted by Crippen LogP contribution is -2.36. The van der Waals surface area contributed by atoms with Gasteiger partial charge in [0.05, 0.1) is 29.5 Å². The molecule has 0 rings (SSSR count). The van der Waals surface area contributed by atoms with Crippen molar-refractivity contribution in [1.29, 1.82) is 0 Å². The number of esters is 2. The Labute approximate surface area is 192 Å². The number of hydrogen-bond acceptors (Lipinski definition) is 6. The molecule has 0 amide bonds. The fraction of sp³-hybridized carbons (Fsp3) is 0.833. The van der Waals surface area contributed by atoms with Crippen LogP contribution >= 0.6 is 0 Å². The zero-order chi connectivity index (χ0) is 25.0. The second-order valence-corrected chi connectivity index (χ2v) is 10.5. The van der Waals surface area contributed by atoms with Gasteiger partial charge in [0.25, 0.3) is 0 Å². The molecule has 0 aliphatic carbocycles. The van der Waals surface area contributed by atoms with E-state index < -0.39 is 40.1 Å². The molecule has 8 nitrogen and oxygen atoms in total. The monoisotopic (exact) mass is 458 g/mol. The predicted molar refractivity (Wildman–Crippen MR) is 120 cm³/mol. The van der Waals surface area contributed by atoms with Gasteiger partial charge in [0, 0.05) is 6.42 Å². The molecule has 8 heteroatoms. The molecule has 0 aliphatic rings. The van der Waals surface area contributed by atoms with Crippen LogP contribution in [0, 0.1) is 16.2 Å². The third-order valence-electron chi connectivity index (χ3n) is 5.35. The van der Waals surface area contributed by atoms with Gasteiger partial charge in [0.2, 0.25) is 0 Å². The summed E-state index contributed by atoms with van der Waals surface area (Å²) in [5.41, 5.74) is -2.52. The first-order valence-corrected chi connectivity index (χ1v) is 11.4. The standard InChI is InChI=1S/C24H42O8/c1-22(2,3)20(29)31-16-14-24(19(27)28,15-17-32-21(30)23(4,5)6)13-11-9-7-8-10-12-18(25)26/h7-17H2,1-6H3,(H,25,26)(H,27,28). The summed E-state index contributed by atoms with van der Waals surface area (Å²) in [5.74, 6) is -2.60. The Morgan fingerprint density at radius 2 is 1.03 bits per heavy atom. The molecule has 32 heavy (non-hydrogen) atoms. The minimum absolute atomic E-state index is 0.0196. The first-order valence-electron chi connectivity index (χ1n) is 11.4. The lowest BCUT2D eigenvalue weighted by Gasteiger charge is -2.30. The Bertz CT molecular complexity index is 593. The van der Waals surface area contributed by atoms with E-state index in [9.17, 15) is 24.3 Å². The normalized spacial score (nSPS) is 12.3. The van der Waals surface area contributed by atoms with E-state index in [-0.39, 0.29) is 32.5 Å². The molecule has 0 unspecified atom stereocenters. The van der Waals surface area contributed by atoms with Crippen molar-refractivity contribution < 1.29 is 38.9 Å². The maximum Gasteiger partial charge on any atom is 0.311 e. The van der Waals surface area contributed by atoms with Crippen LogP contribution in [0.25, 0.3) is 0 Å². The van der Waals surface area contributed by atoms with Gasteiger partial charge in [-0.2, -0.15) is 0 Å². The van der Waals surface area contributed by atoms with Crippen molar-refractivity contribution in [3.05, 3.63) is 0 Å². The first-order chi connectivity index (χ1) is 14.6. The Balaban J connectivity index is 5.00. The van der Waals surface area contributed by atoms with E-state index in [2.05, 4.69) is 0 Å². The summed E-state index contributed by atoms with van der Waals surface area (Å²) >= 11 is 0. The average molecular weight is 459 g/mol. The fourth-order valence-electron chi connectivity index (χ4n) is 3.08.